The van der Waals surface area contributed by atoms with E-state index in [1.54, 1.807) is 0 Å². The Bertz CT molecular complexity index is 1450. The molecular weight excluding hydrogens is 497 g/mol. The molecule has 7 heteroatoms. The fourth-order valence-corrected chi connectivity index (χ4v) is 6.42. The van der Waals surface area contributed by atoms with Gasteiger partial charge in [-0.05, 0) is 68.7 Å². The summed E-state index contributed by atoms with van der Waals surface area (Å²) in [5.41, 5.74) is 1.58. The van der Waals surface area contributed by atoms with Gasteiger partial charge in [-0.3, -0.25) is 0 Å². The van der Waals surface area contributed by atoms with Gasteiger partial charge in [0, 0.05) is 42.5 Å². The van der Waals surface area contributed by atoms with Gasteiger partial charge in [0.2, 0.25) is 0 Å². The second-order valence-electron chi connectivity index (χ2n) is 11.1. The summed E-state index contributed by atoms with van der Waals surface area (Å²) in [7, 11) is 4.20. The molecule has 2 bridgehead atoms. The standard InChI is InChI=1S/C31H35ClFN5/c1-37(2)16-7-3-4-13-27-35-30-25(31(36-27)38-18-21-14-15-22(19-38)34-21)17-26(32)28(29(30)33)24-12-8-10-20-9-5-6-11-23(20)24/h5-6,8-12,17,21-22,34H,3-4,7,13-16,18-19H2,1-2H3. The Balaban J connectivity index is 1.45. The Morgan fingerprint density at radius 3 is 2.53 bits per heavy atom. The molecule has 0 spiro atoms. The van der Waals surface area contributed by atoms with Crippen LogP contribution in [0.2, 0.25) is 5.02 Å². The summed E-state index contributed by atoms with van der Waals surface area (Å²) < 4.78 is 16.6. The zero-order valence-corrected chi connectivity index (χ0v) is 22.9. The maximum atomic E-state index is 16.6. The minimum atomic E-state index is -0.362. The first kappa shape index (κ1) is 25.5. The maximum absolute atomic E-state index is 16.6. The summed E-state index contributed by atoms with van der Waals surface area (Å²) in [6.07, 6.45) is 6.28. The highest BCUT2D eigenvalue weighted by molar-refractivity contribution is 6.35. The third-order valence-corrected chi connectivity index (χ3v) is 8.29. The normalized spacial score (nSPS) is 19.2. The molecule has 3 aromatic carbocycles. The van der Waals surface area contributed by atoms with Gasteiger partial charge < -0.3 is 15.1 Å². The van der Waals surface area contributed by atoms with E-state index in [2.05, 4.69) is 29.2 Å². The Kier molecular flexibility index (Phi) is 7.21. The molecule has 4 aromatic rings. The second kappa shape index (κ2) is 10.8. The molecule has 2 fully saturated rings. The topological polar surface area (TPSA) is 44.3 Å². The average molecular weight is 532 g/mol. The summed E-state index contributed by atoms with van der Waals surface area (Å²) in [4.78, 5) is 14.4. The average Bonchev–Trinajstić information content (AvgIpc) is 3.25. The van der Waals surface area contributed by atoms with Gasteiger partial charge in [-0.2, -0.15) is 0 Å². The number of anilines is 1. The van der Waals surface area contributed by atoms with E-state index >= 15 is 4.39 Å². The van der Waals surface area contributed by atoms with Gasteiger partial charge in [0.15, 0.2) is 5.82 Å². The predicted octanol–water partition coefficient (Wildman–Crippen LogP) is 6.46. The van der Waals surface area contributed by atoms with Crippen molar-refractivity contribution >= 4 is 39.1 Å². The summed E-state index contributed by atoms with van der Waals surface area (Å²) >= 11 is 6.88. The second-order valence-corrected chi connectivity index (χ2v) is 11.5. The number of fused-ring (bicyclic) bond motifs is 4. The lowest BCUT2D eigenvalue weighted by atomic mass is 9.96. The fraction of sp³-hybridized carbons (Fsp3) is 0.419. The third kappa shape index (κ3) is 4.97. The van der Waals surface area contributed by atoms with Crippen molar-refractivity contribution in [1.82, 2.24) is 20.2 Å². The maximum Gasteiger partial charge on any atom is 0.158 e. The summed E-state index contributed by atoms with van der Waals surface area (Å²) in [5, 5.41) is 6.82. The van der Waals surface area contributed by atoms with Crippen LogP contribution in [-0.4, -0.2) is 60.7 Å². The number of aryl methyl sites for hydroxylation is 1. The highest BCUT2D eigenvalue weighted by atomic mass is 35.5. The van der Waals surface area contributed by atoms with Crippen molar-refractivity contribution in [2.45, 2.75) is 50.6 Å². The molecule has 2 aliphatic rings. The molecule has 5 nitrogen and oxygen atoms in total. The Labute approximate surface area is 229 Å². The van der Waals surface area contributed by atoms with E-state index in [9.17, 15) is 0 Å². The van der Waals surface area contributed by atoms with Crippen LogP contribution >= 0.6 is 11.6 Å². The predicted molar refractivity (Wildman–Crippen MR) is 156 cm³/mol. The van der Waals surface area contributed by atoms with Gasteiger partial charge in [-0.25, -0.2) is 14.4 Å². The lowest BCUT2D eigenvalue weighted by Crippen LogP contribution is -2.51. The number of piperazine rings is 1. The number of benzene rings is 3. The van der Waals surface area contributed by atoms with Crippen molar-refractivity contribution in [2.24, 2.45) is 0 Å². The van der Waals surface area contributed by atoms with Crippen LogP contribution in [0.3, 0.4) is 0 Å². The molecule has 198 valence electrons. The van der Waals surface area contributed by atoms with Crippen LogP contribution in [0.15, 0.2) is 48.5 Å². The molecule has 6 rings (SSSR count). The first-order chi connectivity index (χ1) is 18.5. The van der Waals surface area contributed by atoms with Crippen molar-refractivity contribution < 1.29 is 4.39 Å². The van der Waals surface area contributed by atoms with Gasteiger partial charge in [0.1, 0.15) is 17.2 Å². The van der Waals surface area contributed by atoms with Gasteiger partial charge >= 0.3 is 0 Å². The Morgan fingerprint density at radius 2 is 1.74 bits per heavy atom. The number of rotatable bonds is 8. The summed E-state index contributed by atoms with van der Waals surface area (Å²) in [5.74, 6) is 1.18. The number of aromatic nitrogens is 2. The largest absolute Gasteiger partial charge is 0.353 e. The number of nitrogens with one attached hydrogen (secondary N) is 1. The van der Waals surface area contributed by atoms with E-state index in [0.29, 0.717) is 39.4 Å². The SMILES string of the molecule is CN(C)CCCCCc1nc(N2CC3CCC(C2)N3)c2cc(Cl)c(-c3cccc4ccccc34)c(F)c2n1. The highest BCUT2D eigenvalue weighted by Gasteiger charge is 2.34. The van der Waals surface area contributed by atoms with Crippen molar-refractivity contribution in [3.05, 3.63) is 65.2 Å². The molecule has 2 unspecified atom stereocenters. The molecular formula is C31H35ClFN5. The van der Waals surface area contributed by atoms with Crippen molar-refractivity contribution in [2.75, 3.05) is 38.6 Å². The molecule has 3 heterocycles. The monoisotopic (exact) mass is 531 g/mol. The van der Waals surface area contributed by atoms with Gasteiger partial charge in [0.25, 0.3) is 0 Å². The molecule has 1 N–H and O–H groups in total. The highest BCUT2D eigenvalue weighted by Crippen LogP contribution is 2.41. The number of hydrogen-bond acceptors (Lipinski definition) is 5. The first-order valence-electron chi connectivity index (χ1n) is 13.8. The van der Waals surface area contributed by atoms with Crippen LogP contribution in [0, 0.1) is 5.82 Å². The molecule has 0 amide bonds. The van der Waals surface area contributed by atoms with E-state index in [4.69, 9.17) is 21.6 Å². The molecule has 0 radical (unpaired) electrons. The number of halogens is 2. The third-order valence-electron chi connectivity index (χ3n) is 7.99. The molecule has 1 aromatic heterocycles. The summed E-state index contributed by atoms with van der Waals surface area (Å²) in [6.45, 7) is 2.80. The van der Waals surface area contributed by atoms with Gasteiger partial charge in [-0.1, -0.05) is 60.5 Å². The van der Waals surface area contributed by atoms with E-state index in [-0.39, 0.29) is 5.82 Å². The number of nitrogens with zero attached hydrogens (tertiary/aromatic N) is 4. The van der Waals surface area contributed by atoms with Crippen molar-refractivity contribution in [1.29, 1.82) is 0 Å². The van der Waals surface area contributed by atoms with Crippen LogP contribution in [0.25, 0.3) is 32.8 Å². The fourth-order valence-electron chi connectivity index (χ4n) is 6.13. The quantitative estimate of drug-likeness (QED) is 0.264. The Hall–Kier alpha value is -2.80. The molecule has 38 heavy (non-hydrogen) atoms. The smallest absolute Gasteiger partial charge is 0.158 e. The van der Waals surface area contributed by atoms with E-state index < -0.39 is 0 Å². The van der Waals surface area contributed by atoms with Gasteiger partial charge in [0.05, 0.1) is 5.02 Å². The minimum Gasteiger partial charge on any atom is -0.353 e. The van der Waals surface area contributed by atoms with Crippen LogP contribution in [0.4, 0.5) is 10.2 Å². The molecule has 2 saturated heterocycles. The van der Waals surface area contributed by atoms with Crippen LogP contribution in [0.1, 0.15) is 37.9 Å². The zero-order valence-electron chi connectivity index (χ0n) is 22.2. The van der Waals surface area contributed by atoms with Gasteiger partial charge in [-0.15, -0.1) is 0 Å². The van der Waals surface area contributed by atoms with E-state index in [1.807, 2.05) is 48.5 Å². The van der Waals surface area contributed by atoms with Crippen LogP contribution in [-0.2, 0) is 6.42 Å². The van der Waals surface area contributed by atoms with E-state index in [1.165, 1.54) is 12.8 Å². The van der Waals surface area contributed by atoms with Crippen LogP contribution < -0.4 is 10.2 Å². The number of unbranched alkanes of at least 4 members (excludes halogenated alkanes) is 2. The molecule has 0 aliphatic carbocycles. The molecule has 0 saturated carbocycles. The van der Waals surface area contributed by atoms with E-state index in [0.717, 1.165) is 67.5 Å². The van der Waals surface area contributed by atoms with Crippen molar-refractivity contribution in [3.63, 3.8) is 0 Å². The number of hydrogen-bond donors (Lipinski definition) is 1. The lowest BCUT2D eigenvalue weighted by Gasteiger charge is -2.34. The first-order valence-corrected chi connectivity index (χ1v) is 14.2. The molecule has 2 atom stereocenters. The Morgan fingerprint density at radius 1 is 0.974 bits per heavy atom. The zero-order chi connectivity index (χ0) is 26.2. The van der Waals surface area contributed by atoms with Crippen LogP contribution in [0.5, 0.6) is 0 Å². The van der Waals surface area contributed by atoms with Crippen molar-refractivity contribution in [3.8, 4) is 11.1 Å². The molecule has 2 aliphatic heterocycles. The lowest BCUT2D eigenvalue weighted by molar-refractivity contribution is 0.391. The summed E-state index contributed by atoms with van der Waals surface area (Å²) in [6, 6.07) is 16.8. The minimum absolute atomic E-state index is 0.362.